The average molecular weight is 367 g/mol. The molecule has 0 saturated heterocycles. The molecule has 1 aliphatic rings. The number of aryl methyl sites for hydroxylation is 3. The Hall–Kier alpha value is -3.06. The van der Waals surface area contributed by atoms with Gasteiger partial charge in [-0.3, -0.25) is 0 Å². The third kappa shape index (κ3) is 3.41. The van der Waals surface area contributed by atoms with Gasteiger partial charge in [0.15, 0.2) is 0 Å². The van der Waals surface area contributed by atoms with Gasteiger partial charge >= 0.3 is 0 Å². The molecule has 3 aromatic carbocycles. The predicted octanol–water partition coefficient (Wildman–Crippen LogP) is 6.95. The highest BCUT2D eigenvalue weighted by atomic mass is 16.3. The van der Waals surface area contributed by atoms with Crippen molar-refractivity contribution in [2.45, 2.75) is 33.1 Å². The first-order valence-electron chi connectivity index (χ1n) is 9.93. The summed E-state index contributed by atoms with van der Waals surface area (Å²) in [4.78, 5) is 0. The van der Waals surface area contributed by atoms with Crippen LogP contribution in [0, 0.1) is 13.8 Å². The van der Waals surface area contributed by atoms with Crippen LogP contribution in [0.1, 0.15) is 51.8 Å². The lowest BCUT2D eigenvalue weighted by Crippen LogP contribution is -1.97. The van der Waals surface area contributed by atoms with E-state index in [4.69, 9.17) is 0 Å². The van der Waals surface area contributed by atoms with Gasteiger partial charge in [0, 0.05) is 5.56 Å². The summed E-state index contributed by atoms with van der Waals surface area (Å²) in [5.41, 5.74) is 10.7. The van der Waals surface area contributed by atoms with Crippen molar-refractivity contribution >= 4 is 17.2 Å². The van der Waals surface area contributed by atoms with Crippen molar-refractivity contribution < 1.29 is 5.11 Å². The minimum atomic E-state index is 0.366. The van der Waals surface area contributed by atoms with E-state index < -0.39 is 0 Å². The molecule has 0 aliphatic heterocycles. The fourth-order valence-corrected chi connectivity index (χ4v) is 4.15. The molecule has 1 heteroatoms. The van der Waals surface area contributed by atoms with Crippen LogP contribution in [0.5, 0.6) is 5.75 Å². The fraction of sp³-hybridized carbons (Fsp3) is 0.185. The summed E-state index contributed by atoms with van der Waals surface area (Å²) in [5.74, 6) is 0.366. The van der Waals surface area contributed by atoms with Crippen LogP contribution < -0.4 is 0 Å². The van der Waals surface area contributed by atoms with Crippen molar-refractivity contribution in [3.8, 4) is 5.75 Å². The molecule has 0 spiro atoms. The fourth-order valence-electron chi connectivity index (χ4n) is 4.15. The molecule has 0 unspecified atom stereocenters. The summed E-state index contributed by atoms with van der Waals surface area (Å²) in [5, 5.41) is 10.7. The Morgan fingerprint density at radius 2 is 1.54 bits per heavy atom. The molecule has 0 amide bonds. The van der Waals surface area contributed by atoms with E-state index in [1.807, 2.05) is 19.1 Å². The number of hydrogen-bond donors (Lipinski definition) is 1. The van der Waals surface area contributed by atoms with Crippen LogP contribution in [0.3, 0.4) is 0 Å². The van der Waals surface area contributed by atoms with E-state index in [2.05, 4.69) is 68.1 Å². The molecule has 0 aromatic heterocycles. The first kappa shape index (κ1) is 18.3. The molecule has 0 saturated carbocycles. The van der Waals surface area contributed by atoms with Crippen LogP contribution in [-0.2, 0) is 6.42 Å². The van der Waals surface area contributed by atoms with Gasteiger partial charge in [0.2, 0.25) is 0 Å². The molecular weight excluding hydrogens is 340 g/mol. The third-order valence-electron chi connectivity index (χ3n) is 5.63. The summed E-state index contributed by atoms with van der Waals surface area (Å²) in [7, 11) is 0. The summed E-state index contributed by atoms with van der Waals surface area (Å²) < 4.78 is 0. The molecule has 1 nitrogen and oxygen atoms in total. The van der Waals surface area contributed by atoms with Crippen molar-refractivity contribution in [1.82, 2.24) is 0 Å². The Kier molecular flexibility index (Phi) is 4.92. The van der Waals surface area contributed by atoms with Gasteiger partial charge in [0.25, 0.3) is 0 Å². The van der Waals surface area contributed by atoms with Gasteiger partial charge in [0.1, 0.15) is 5.75 Å². The molecule has 0 bridgehead atoms. The van der Waals surface area contributed by atoms with E-state index in [0.29, 0.717) is 5.75 Å². The van der Waals surface area contributed by atoms with Gasteiger partial charge in [-0.15, -0.1) is 0 Å². The SMILES string of the molecule is C=Cc1ccc2c(c1)CCCC(c1ccc(C)cc1O)=C2c1ccc(C)cc1. The highest BCUT2D eigenvalue weighted by Crippen LogP contribution is 2.42. The Labute approximate surface area is 167 Å². The third-order valence-corrected chi connectivity index (χ3v) is 5.63. The van der Waals surface area contributed by atoms with Crippen LogP contribution in [-0.4, -0.2) is 5.11 Å². The van der Waals surface area contributed by atoms with Crippen LogP contribution in [0.2, 0.25) is 0 Å². The van der Waals surface area contributed by atoms with Crippen LogP contribution in [0.4, 0.5) is 0 Å². The molecule has 0 fully saturated rings. The van der Waals surface area contributed by atoms with Crippen molar-refractivity contribution in [3.63, 3.8) is 0 Å². The maximum Gasteiger partial charge on any atom is 0.123 e. The monoisotopic (exact) mass is 366 g/mol. The quantitative estimate of drug-likeness (QED) is 0.532. The predicted molar refractivity (Wildman–Crippen MR) is 119 cm³/mol. The Bertz CT molecular complexity index is 1070. The first-order valence-corrected chi connectivity index (χ1v) is 9.93. The number of phenols is 1. The zero-order chi connectivity index (χ0) is 19.7. The molecule has 4 rings (SSSR count). The van der Waals surface area contributed by atoms with Crippen molar-refractivity contribution in [2.24, 2.45) is 0 Å². The normalized spacial score (nSPS) is 13.8. The highest BCUT2D eigenvalue weighted by molar-refractivity contribution is 6.01. The second-order valence-corrected chi connectivity index (χ2v) is 7.71. The van der Waals surface area contributed by atoms with E-state index in [-0.39, 0.29) is 0 Å². The topological polar surface area (TPSA) is 20.2 Å². The number of benzene rings is 3. The van der Waals surface area contributed by atoms with Crippen LogP contribution in [0.15, 0.2) is 67.2 Å². The minimum absolute atomic E-state index is 0.366. The molecule has 1 N–H and O–H groups in total. The Balaban J connectivity index is 2.02. The lowest BCUT2D eigenvalue weighted by atomic mass is 9.86. The Morgan fingerprint density at radius 1 is 0.821 bits per heavy atom. The summed E-state index contributed by atoms with van der Waals surface area (Å²) in [6, 6.07) is 21.4. The van der Waals surface area contributed by atoms with Gasteiger partial charge in [-0.05, 0) is 78.1 Å². The molecule has 3 aromatic rings. The molecule has 140 valence electrons. The van der Waals surface area contributed by atoms with Gasteiger partial charge < -0.3 is 5.11 Å². The summed E-state index contributed by atoms with van der Waals surface area (Å²) >= 11 is 0. The maximum absolute atomic E-state index is 10.7. The number of rotatable bonds is 3. The van der Waals surface area contributed by atoms with Crippen molar-refractivity contribution in [2.75, 3.05) is 0 Å². The number of aromatic hydroxyl groups is 1. The van der Waals surface area contributed by atoms with Crippen LogP contribution >= 0.6 is 0 Å². The molecule has 28 heavy (non-hydrogen) atoms. The van der Waals surface area contributed by atoms with E-state index in [1.54, 1.807) is 0 Å². The van der Waals surface area contributed by atoms with Crippen LogP contribution in [0.25, 0.3) is 17.2 Å². The zero-order valence-electron chi connectivity index (χ0n) is 16.6. The minimum Gasteiger partial charge on any atom is -0.507 e. The van der Waals surface area contributed by atoms with E-state index >= 15 is 0 Å². The molecule has 0 atom stereocenters. The van der Waals surface area contributed by atoms with E-state index in [0.717, 1.165) is 36.0 Å². The van der Waals surface area contributed by atoms with Gasteiger partial charge in [-0.25, -0.2) is 0 Å². The smallest absolute Gasteiger partial charge is 0.123 e. The number of fused-ring (bicyclic) bond motifs is 1. The molecular formula is C27H26O. The van der Waals surface area contributed by atoms with Crippen molar-refractivity contribution in [3.05, 3.63) is 106 Å². The second kappa shape index (κ2) is 7.52. The molecule has 0 radical (unpaired) electrons. The average Bonchev–Trinajstić information content (AvgIpc) is 2.87. The second-order valence-electron chi connectivity index (χ2n) is 7.71. The molecule has 0 heterocycles. The van der Waals surface area contributed by atoms with Gasteiger partial charge in [-0.1, -0.05) is 72.8 Å². The van der Waals surface area contributed by atoms with Gasteiger partial charge in [-0.2, -0.15) is 0 Å². The Morgan fingerprint density at radius 3 is 2.25 bits per heavy atom. The lowest BCUT2D eigenvalue weighted by Gasteiger charge is -2.18. The number of allylic oxidation sites excluding steroid dienone is 1. The number of phenolic OH excluding ortho intramolecular Hbond substituents is 1. The molecule has 1 aliphatic carbocycles. The lowest BCUT2D eigenvalue weighted by molar-refractivity contribution is 0.473. The maximum atomic E-state index is 10.7. The standard InChI is InChI=1S/C27H26O/c1-4-20-11-15-23-22(17-20)6-5-7-25(24-14-10-19(3)16-26(24)28)27(23)21-12-8-18(2)9-13-21/h4,8-17,28H,1,5-7H2,2-3H3. The van der Waals surface area contributed by atoms with E-state index in [9.17, 15) is 5.11 Å². The van der Waals surface area contributed by atoms with Gasteiger partial charge in [0.05, 0.1) is 0 Å². The number of hydrogen-bond acceptors (Lipinski definition) is 1. The summed E-state index contributed by atoms with van der Waals surface area (Å²) in [6.07, 6.45) is 4.94. The highest BCUT2D eigenvalue weighted by Gasteiger charge is 2.21. The van der Waals surface area contributed by atoms with E-state index in [1.165, 1.54) is 33.4 Å². The van der Waals surface area contributed by atoms with Crippen molar-refractivity contribution in [1.29, 1.82) is 0 Å². The summed E-state index contributed by atoms with van der Waals surface area (Å²) in [6.45, 7) is 8.05. The largest absolute Gasteiger partial charge is 0.507 e. The zero-order valence-corrected chi connectivity index (χ0v) is 16.6. The first-order chi connectivity index (χ1) is 13.6.